The number of fused-ring (bicyclic) bond motifs is 3. The van der Waals surface area contributed by atoms with Crippen molar-refractivity contribution < 1.29 is 18.0 Å². The topological polar surface area (TPSA) is 88.6 Å². The summed E-state index contributed by atoms with van der Waals surface area (Å²) in [6.45, 7) is 1.99. The summed E-state index contributed by atoms with van der Waals surface area (Å²) >= 11 is 0. The van der Waals surface area contributed by atoms with E-state index in [0.29, 0.717) is 28.3 Å². The fraction of sp³-hybridized carbons (Fsp3) is 0.167. The summed E-state index contributed by atoms with van der Waals surface area (Å²) in [5, 5.41) is 10.5. The first-order valence-electron chi connectivity index (χ1n) is 12.2. The van der Waals surface area contributed by atoms with Crippen LogP contribution in [-0.2, 0) is 6.18 Å². The highest BCUT2D eigenvalue weighted by molar-refractivity contribution is 6.08. The van der Waals surface area contributed by atoms with Gasteiger partial charge in [0, 0.05) is 40.8 Å². The summed E-state index contributed by atoms with van der Waals surface area (Å²) in [6, 6.07) is 18.1. The number of carbonyl (C=O) groups excluding carboxylic acids is 1. The Morgan fingerprint density at radius 2 is 1.77 bits per heavy atom. The minimum absolute atomic E-state index is 0.0624. The van der Waals surface area contributed by atoms with Crippen LogP contribution in [0.2, 0.25) is 0 Å². The lowest BCUT2D eigenvalue weighted by Crippen LogP contribution is -2.20. The van der Waals surface area contributed by atoms with Crippen molar-refractivity contribution in [3.05, 3.63) is 112 Å². The lowest BCUT2D eigenvalue weighted by atomic mass is 9.96. The fourth-order valence-electron chi connectivity index (χ4n) is 4.57. The van der Waals surface area contributed by atoms with Crippen LogP contribution in [0.4, 0.5) is 13.2 Å². The Kier molecular flexibility index (Phi) is 6.71. The number of nitrogens with zero attached hydrogens (tertiary/aromatic N) is 4. The molecule has 0 saturated carbocycles. The van der Waals surface area contributed by atoms with Gasteiger partial charge in [0.25, 0.3) is 5.56 Å². The number of benzene rings is 2. The number of halogens is 3. The third kappa shape index (κ3) is 5.01. The molecule has 0 amide bonds. The smallest absolute Gasteiger partial charge is 0.294 e. The highest BCUT2D eigenvalue weighted by Crippen LogP contribution is 2.31. The Morgan fingerprint density at radius 1 is 1.00 bits per heavy atom. The molecule has 0 radical (unpaired) electrons. The van der Waals surface area contributed by atoms with E-state index in [4.69, 9.17) is 0 Å². The molecule has 0 N–H and O–H groups in total. The van der Waals surface area contributed by atoms with Gasteiger partial charge in [-0.2, -0.15) is 18.4 Å². The Balaban J connectivity index is 1.61. The van der Waals surface area contributed by atoms with Gasteiger partial charge >= 0.3 is 6.18 Å². The van der Waals surface area contributed by atoms with E-state index >= 15 is 0 Å². The Bertz CT molecular complexity index is 1810. The molecule has 5 rings (SSSR count). The van der Waals surface area contributed by atoms with E-state index in [1.165, 1.54) is 35.0 Å². The summed E-state index contributed by atoms with van der Waals surface area (Å²) in [5.41, 5.74) is 0.549. The number of pyridine rings is 3. The van der Waals surface area contributed by atoms with Crippen LogP contribution < -0.4 is 5.56 Å². The average molecular weight is 527 g/mol. The molecule has 3 aromatic heterocycles. The third-order valence-electron chi connectivity index (χ3n) is 6.72. The molecule has 0 saturated heterocycles. The number of nitriles is 1. The SMILES string of the molecule is C[C@H](CCC(=O)c1cnc2c(c1)c1cc(C#N)ccc1c(=O)n2-c1ccc(C(F)(F)F)cc1)c1ccccn1. The van der Waals surface area contributed by atoms with Crippen molar-refractivity contribution in [3.63, 3.8) is 0 Å². The molecular formula is C30H21F3N4O2. The van der Waals surface area contributed by atoms with Crippen molar-refractivity contribution in [2.24, 2.45) is 0 Å². The number of rotatable bonds is 6. The molecule has 3 heterocycles. The molecule has 0 aliphatic heterocycles. The molecule has 2 aromatic carbocycles. The normalized spacial score (nSPS) is 12.4. The molecule has 194 valence electrons. The maximum Gasteiger partial charge on any atom is 0.416 e. The Hall–Kier alpha value is -4.84. The summed E-state index contributed by atoms with van der Waals surface area (Å²) in [7, 11) is 0. The zero-order valence-corrected chi connectivity index (χ0v) is 20.7. The molecule has 0 aliphatic carbocycles. The van der Waals surface area contributed by atoms with Crippen LogP contribution in [0.15, 0.2) is 83.9 Å². The molecule has 1 atom stereocenters. The van der Waals surface area contributed by atoms with Crippen LogP contribution in [0.5, 0.6) is 0 Å². The van der Waals surface area contributed by atoms with Gasteiger partial charge in [-0.3, -0.25) is 19.1 Å². The minimum atomic E-state index is -4.52. The van der Waals surface area contributed by atoms with Crippen molar-refractivity contribution in [1.29, 1.82) is 5.26 Å². The van der Waals surface area contributed by atoms with Gasteiger partial charge in [-0.05, 0) is 78.4 Å². The summed E-state index contributed by atoms with van der Waals surface area (Å²) < 4.78 is 40.6. The van der Waals surface area contributed by atoms with Crippen molar-refractivity contribution in [3.8, 4) is 11.8 Å². The van der Waals surface area contributed by atoms with E-state index in [9.17, 15) is 28.0 Å². The number of aromatic nitrogens is 3. The van der Waals surface area contributed by atoms with Crippen molar-refractivity contribution in [1.82, 2.24) is 14.5 Å². The zero-order chi connectivity index (χ0) is 27.7. The first-order valence-corrected chi connectivity index (χ1v) is 12.2. The summed E-state index contributed by atoms with van der Waals surface area (Å²) in [5.74, 6) is -0.0866. The van der Waals surface area contributed by atoms with Gasteiger partial charge in [-0.1, -0.05) is 13.0 Å². The summed E-state index contributed by atoms with van der Waals surface area (Å²) in [6.07, 6.45) is -0.638. The van der Waals surface area contributed by atoms with E-state index < -0.39 is 17.3 Å². The number of carbonyl (C=O) groups is 1. The average Bonchev–Trinajstić information content (AvgIpc) is 2.95. The number of hydrogen-bond donors (Lipinski definition) is 0. The first-order chi connectivity index (χ1) is 18.7. The monoisotopic (exact) mass is 526 g/mol. The number of ketones is 1. The van der Waals surface area contributed by atoms with Crippen molar-refractivity contribution in [2.45, 2.75) is 31.9 Å². The van der Waals surface area contributed by atoms with Crippen LogP contribution in [0.3, 0.4) is 0 Å². The van der Waals surface area contributed by atoms with E-state index in [1.54, 1.807) is 18.3 Å². The predicted molar refractivity (Wildman–Crippen MR) is 141 cm³/mol. The van der Waals surface area contributed by atoms with E-state index in [1.807, 2.05) is 31.2 Å². The number of Topliss-reactive ketones (excluding diaryl/α,β-unsaturated/α-hetero) is 1. The van der Waals surface area contributed by atoms with Gasteiger partial charge in [-0.25, -0.2) is 4.98 Å². The van der Waals surface area contributed by atoms with Crippen molar-refractivity contribution in [2.75, 3.05) is 0 Å². The molecule has 9 heteroatoms. The van der Waals surface area contributed by atoms with Crippen LogP contribution in [0, 0.1) is 11.3 Å². The predicted octanol–water partition coefficient (Wildman–Crippen LogP) is 6.59. The van der Waals surface area contributed by atoms with Gasteiger partial charge in [-0.15, -0.1) is 0 Å². The maximum absolute atomic E-state index is 13.5. The fourth-order valence-corrected chi connectivity index (χ4v) is 4.57. The molecule has 39 heavy (non-hydrogen) atoms. The minimum Gasteiger partial charge on any atom is -0.294 e. The quantitative estimate of drug-likeness (QED) is 0.184. The standard InChI is InChI=1S/C30H21F3N4O2/c1-18(26-4-2-3-13-35-26)5-12-27(38)20-15-25-24-14-19(16-34)6-11-23(24)29(39)37(28(25)36-17-20)22-9-7-21(8-10-22)30(31,32)33/h2-4,6-11,13-15,17-18H,5,12H2,1H3/t18-/m1/s1. The molecule has 0 unspecified atom stereocenters. The molecule has 6 nitrogen and oxygen atoms in total. The van der Waals surface area contributed by atoms with Gasteiger partial charge in [0.2, 0.25) is 0 Å². The second-order valence-corrected chi connectivity index (χ2v) is 9.27. The Labute approximate surface area is 221 Å². The zero-order valence-electron chi connectivity index (χ0n) is 20.7. The third-order valence-corrected chi connectivity index (χ3v) is 6.72. The van der Waals surface area contributed by atoms with Crippen molar-refractivity contribution >= 4 is 27.6 Å². The largest absolute Gasteiger partial charge is 0.416 e. The molecular weight excluding hydrogens is 505 g/mol. The molecule has 5 aromatic rings. The Morgan fingerprint density at radius 3 is 2.44 bits per heavy atom. The first kappa shape index (κ1) is 25.8. The number of alkyl halides is 3. The molecule has 0 spiro atoms. The highest BCUT2D eigenvalue weighted by atomic mass is 19.4. The molecule has 0 bridgehead atoms. The highest BCUT2D eigenvalue weighted by Gasteiger charge is 2.30. The second-order valence-electron chi connectivity index (χ2n) is 9.27. The van der Waals surface area contributed by atoms with E-state index in [0.717, 1.165) is 17.8 Å². The lowest BCUT2D eigenvalue weighted by molar-refractivity contribution is -0.137. The maximum atomic E-state index is 13.5. The van der Waals surface area contributed by atoms with Crippen LogP contribution in [0.1, 0.15) is 52.9 Å². The van der Waals surface area contributed by atoms with E-state index in [2.05, 4.69) is 9.97 Å². The van der Waals surface area contributed by atoms with Gasteiger partial charge < -0.3 is 0 Å². The number of hydrogen-bond acceptors (Lipinski definition) is 5. The lowest BCUT2D eigenvalue weighted by Gasteiger charge is -2.15. The van der Waals surface area contributed by atoms with E-state index in [-0.39, 0.29) is 34.8 Å². The van der Waals surface area contributed by atoms with Crippen LogP contribution in [0.25, 0.3) is 27.5 Å². The van der Waals surface area contributed by atoms with Crippen LogP contribution >= 0.6 is 0 Å². The molecule has 0 aliphatic rings. The van der Waals surface area contributed by atoms with Gasteiger partial charge in [0.15, 0.2) is 5.78 Å². The molecule has 0 fully saturated rings. The summed E-state index contributed by atoms with van der Waals surface area (Å²) in [4.78, 5) is 35.4. The van der Waals surface area contributed by atoms with Gasteiger partial charge in [0.1, 0.15) is 5.65 Å². The van der Waals surface area contributed by atoms with Crippen LogP contribution in [-0.4, -0.2) is 20.3 Å². The van der Waals surface area contributed by atoms with Gasteiger partial charge in [0.05, 0.1) is 22.9 Å². The second kappa shape index (κ2) is 10.1.